The summed E-state index contributed by atoms with van der Waals surface area (Å²) in [6.07, 6.45) is 3.83. The highest BCUT2D eigenvalue weighted by Crippen LogP contribution is 2.24. The Hall–Kier alpha value is -3.00. The summed E-state index contributed by atoms with van der Waals surface area (Å²) in [6.45, 7) is 0.494. The molecular weight excluding hydrogens is 394 g/mol. The van der Waals surface area contributed by atoms with E-state index in [2.05, 4.69) is 10.2 Å². The number of nitro groups is 1. The van der Waals surface area contributed by atoms with Gasteiger partial charge in [0.25, 0.3) is 0 Å². The zero-order valence-corrected chi connectivity index (χ0v) is 16.1. The lowest BCUT2D eigenvalue weighted by atomic mass is 10.3. The highest BCUT2D eigenvalue weighted by molar-refractivity contribution is 7.89. The van der Waals surface area contributed by atoms with Gasteiger partial charge in [-0.25, -0.2) is 8.42 Å². The van der Waals surface area contributed by atoms with Crippen LogP contribution in [0.15, 0.2) is 23.5 Å². The number of ether oxygens (including phenoxy) is 1. The smallest absolute Gasteiger partial charge is 0.350 e. The number of sulfonamides is 1. The standard InChI is InChI=1S/C14H19N7O6S/c1-17-8-11(7-15-17)28(25,26)20-5-3-18(4-6-20)13(22)10-19-9-12(21(23)24)14(16-19)27-2/h7-9H,3-6,10H2,1-2H3. The maximum absolute atomic E-state index is 12.6. The summed E-state index contributed by atoms with van der Waals surface area (Å²) in [4.78, 5) is 24.3. The SMILES string of the molecule is COc1nn(CC(=O)N2CCN(S(=O)(=O)c3cnn(C)c3)CC2)cc1[N+](=O)[O-]. The number of carbonyl (C=O) groups is 1. The van der Waals surface area contributed by atoms with Crippen molar-refractivity contribution in [2.24, 2.45) is 7.05 Å². The van der Waals surface area contributed by atoms with Gasteiger partial charge in [0.05, 0.1) is 18.2 Å². The maximum atomic E-state index is 12.6. The van der Waals surface area contributed by atoms with Crippen LogP contribution < -0.4 is 4.74 Å². The average molecular weight is 413 g/mol. The monoisotopic (exact) mass is 413 g/mol. The topological polar surface area (TPSA) is 146 Å². The Kier molecular flexibility index (Phi) is 5.33. The van der Waals surface area contributed by atoms with E-state index in [0.29, 0.717) is 0 Å². The van der Waals surface area contributed by atoms with E-state index in [4.69, 9.17) is 4.74 Å². The van der Waals surface area contributed by atoms with Crippen LogP contribution in [0.5, 0.6) is 5.88 Å². The van der Waals surface area contributed by atoms with E-state index in [0.717, 1.165) is 10.9 Å². The third-order valence-electron chi connectivity index (χ3n) is 4.31. The van der Waals surface area contributed by atoms with Crippen molar-refractivity contribution in [2.45, 2.75) is 11.4 Å². The largest absolute Gasteiger partial charge is 0.475 e. The number of rotatable bonds is 6. The molecule has 0 unspecified atom stereocenters. The second-order valence-corrected chi connectivity index (χ2v) is 8.05. The number of piperazine rings is 1. The van der Waals surface area contributed by atoms with E-state index in [-0.39, 0.29) is 55.1 Å². The summed E-state index contributed by atoms with van der Waals surface area (Å²) in [5.41, 5.74) is -0.331. The van der Waals surface area contributed by atoms with Crippen LogP contribution in [0.25, 0.3) is 0 Å². The lowest BCUT2D eigenvalue weighted by molar-refractivity contribution is -0.385. The van der Waals surface area contributed by atoms with Crippen molar-refractivity contribution >= 4 is 21.6 Å². The summed E-state index contributed by atoms with van der Waals surface area (Å²) in [5, 5.41) is 18.7. The van der Waals surface area contributed by atoms with Gasteiger partial charge in [-0.2, -0.15) is 9.40 Å². The predicted molar refractivity (Wildman–Crippen MR) is 94.0 cm³/mol. The second kappa shape index (κ2) is 7.55. The first kappa shape index (κ1) is 19.8. The molecule has 1 aliphatic heterocycles. The molecule has 13 nitrogen and oxygen atoms in total. The number of amides is 1. The van der Waals surface area contributed by atoms with Gasteiger partial charge in [-0.15, -0.1) is 5.10 Å². The molecule has 0 radical (unpaired) electrons. The van der Waals surface area contributed by atoms with Crippen LogP contribution in [-0.2, 0) is 28.4 Å². The quantitative estimate of drug-likeness (QED) is 0.436. The number of hydrogen-bond acceptors (Lipinski definition) is 8. The lowest BCUT2D eigenvalue weighted by Crippen LogP contribution is -2.51. The summed E-state index contributed by atoms with van der Waals surface area (Å²) in [6, 6.07) is 0. The molecule has 152 valence electrons. The van der Waals surface area contributed by atoms with Gasteiger partial charge in [0.1, 0.15) is 17.6 Å². The highest BCUT2D eigenvalue weighted by Gasteiger charge is 2.31. The molecule has 28 heavy (non-hydrogen) atoms. The zero-order chi connectivity index (χ0) is 20.5. The van der Waals surface area contributed by atoms with Crippen LogP contribution in [0, 0.1) is 10.1 Å². The fourth-order valence-electron chi connectivity index (χ4n) is 2.84. The molecule has 0 saturated carbocycles. The molecule has 0 atom stereocenters. The zero-order valence-electron chi connectivity index (χ0n) is 15.3. The van der Waals surface area contributed by atoms with Gasteiger partial charge in [-0.1, -0.05) is 0 Å². The Morgan fingerprint density at radius 2 is 1.96 bits per heavy atom. The summed E-state index contributed by atoms with van der Waals surface area (Å²) in [5.74, 6) is -0.497. The summed E-state index contributed by atoms with van der Waals surface area (Å²) in [7, 11) is -0.779. The third kappa shape index (κ3) is 3.82. The van der Waals surface area contributed by atoms with E-state index in [1.54, 1.807) is 7.05 Å². The molecule has 1 saturated heterocycles. The molecule has 2 aromatic heterocycles. The first-order valence-corrected chi connectivity index (χ1v) is 9.69. The molecule has 14 heteroatoms. The molecule has 0 spiro atoms. The molecule has 0 N–H and O–H groups in total. The van der Waals surface area contributed by atoms with E-state index >= 15 is 0 Å². The Bertz CT molecular complexity index is 990. The molecule has 1 amide bonds. The molecular formula is C14H19N7O6S. The normalized spacial score (nSPS) is 15.6. The number of aromatic nitrogens is 4. The van der Waals surface area contributed by atoms with Crippen molar-refractivity contribution in [3.8, 4) is 5.88 Å². The molecule has 3 heterocycles. The van der Waals surface area contributed by atoms with Crippen LogP contribution in [0.3, 0.4) is 0 Å². The van der Waals surface area contributed by atoms with E-state index in [1.165, 1.54) is 33.4 Å². The van der Waals surface area contributed by atoms with Crippen molar-refractivity contribution in [3.05, 3.63) is 28.7 Å². The number of aryl methyl sites for hydroxylation is 1. The van der Waals surface area contributed by atoms with E-state index in [1.807, 2.05) is 0 Å². The summed E-state index contributed by atoms with van der Waals surface area (Å²) < 4.78 is 33.8. The molecule has 0 bridgehead atoms. The molecule has 0 aliphatic carbocycles. The first-order chi connectivity index (χ1) is 13.2. The van der Waals surface area contributed by atoms with Gasteiger partial charge in [0.15, 0.2) is 0 Å². The van der Waals surface area contributed by atoms with Crippen molar-refractivity contribution in [3.63, 3.8) is 0 Å². The Morgan fingerprint density at radius 1 is 1.29 bits per heavy atom. The predicted octanol–water partition coefficient (Wildman–Crippen LogP) is -0.933. The Morgan fingerprint density at radius 3 is 2.46 bits per heavy atom. The molecule has 2 aromatic rings. The van der Waals surface area contributed by atoms with Gasteiger partial charge < -0.3 is 9.64 Å². The van der Waals surface area contributed by atoms with Crippen LogP contribution in [0.1, 0.15) is 0 Å². The summed E-state index contributed by atoms with van der Waals surface area (Å²) >= 11 is 0. The molecule has 3 rings (SSSR count). The van der Waals surface area contributed by atoms with Gasteiger partial charge in [0.2, 0.25) is 15.9 Å². The molecule has 0 aromatic carbocycles. The maximum Gasteiger partial charge on any atom is 0.350 e. The van der Waals surface area contributed by atoms with Gasteiger partial charge in [-0.3, -0.25) is 24.3 Å². The van der Waals surface area contributed by atoms with E-state index in [9.17, 15) is 23.3 Å². The average Bonchev–Trinajstić information content (AvgIpc) is 3.28. The van der Waals surface area contributed by atoms with Crippen LogP contribution in [0.2, 0.25) is 0 Å². The van der Waals surface area contributed by atoms with Crippen LogP contribution in [-0.4, -0.2) is 81.3 Å². The van der Waals surface area contributed by atoms with Crippen molar-refractivity contribution in [2.75, 3.05) is 33.3 Å². The molecule has 1 aliphatic rings. The number of hydrogen-bond donors (Lipinski definition) is 0. The van der Waals surface area contributed by atoms with Crippen molar-refractivity contribution in [1.82, 2.24) is 28.8 Å². The number of methoxy groups -OCH3 is 1. The lowest BCUT2D eigenvalue weighted by Gasteiger charge is -2.33. The Balaban J connectivity index is 1.62. The van der Waals surface area contributed by atoms with Gasteiger partial charge >= 0.3 is 11.6 Å². The number of carbonyl (C=O) groups excluding carboxylic acids is 1. The minimum absolute atomic E-state index is 0.103. The Labute approximate surface area is 160 Å². The van der Waals surface area contributed by atoms with Gasteiger partial charge in [0, 0.05) is 39.4 Å². The fourth-order valence-corrected chi connectivity index (χ4v) is 4.25. The van der Waals surface area contributed by atoms with E-state index < -0.39 is 14.9 Å². The first-order valence-electron chi connectivity index (χ1n) is 8.25. The second-order valence-electron chi connectivity index (χ2n) is 6.11. The highest BCUT2D eigenvalue weighted by atomic mass is 32.2. The number of nitrogens with zero attached hydrogens (tertiary/aromatic N) is 7. The van der Waals surface area contributed by atoms with Crippen LogP contribution in [0.4, 0.5) is 5.69 Å². The molecule has 1 fully saturated rings. The van der Waals surface area contributed by atoms with Crippen molar-refractivity contribution in [1.29, 1.82) is 0 Å². The minimum Gasteiger partial charge on any atom is -0.475 e. The van der Waals surface area contributed by atoms with Crippen molar-refractivity contribution < 1.29 is 22.9 Å². The minimum atomic E-state index is -3.66. The van der Waals surface area contributed by atoms with Gasteiger partial charge in [-0.05, 0) is 0 Å². The third-order valence-corrected chi connectivity index (χ3v) is 6.16. The van der Waals surface area contributed by atoms with Crippen LogP contribution >= 0.6 is 0 Å². The fraction of sp³-hybridized carbons (Fsp3) is 0.500.